The lowest BCUT2D eigenvalue weighted by atomic mass is 9.93. The zero-order valence-corrected chi connectivity index (χ0v) is 30.0. The number of hydrogen-bond acceptors (Lipinski definition) is 0. The maximum absolute atomic E-state index is 2.33. The molecular formula is C43H106. The lowest BCUT2D eigenvalue weighted by Gasteiger charge is -2.13. The highest BCUT2D eigenvalue weighted by atomic mass is 14.2. The van der Waals surface area contributed by atoms with Gasteiger partial charge in [0.2, 0.25) is 0 Å². The van der Waals surface area contributed by atoms with Crippen molar-refractivity contribution in [1.29, 1.82) is 0 Å². The van der Waals surface area contributed by atoms with Crippen LogP contribution in [0.25, 0.3) is 0 Å². The standard InChI is InChI=1S/C9H18.C9H20.C7H16.2C6H14.6CH4/c1-8(2)7-9-5-3-4-6-9;1-5-9(6-2)7-8(3)4;1-6(2)5-7(3)4;1-5(2)6(3)4;1-4-5-6(2)3;;;;;;/h8-9H,3-7H2,1-2H3;8-9H,5-7H2,1-4H3;6-7H,5H2,1-4H3;5-6H,1-4H3;6H,4-5H2,1-3H3;6*1H4. The van der Waals surface area contributed by atoms with Crippen molar-refractivity contribution in [2.45, 2.75) is 233 Å². The summed E-state index contributed by atoms with van der Waals surface area (Å²) >= 11 is 0. The minimum Gasteiger partial charge on any atom is -0.0776 e. The van der Waals surface area contributed by atoms with Gasteiger partial charge in [-0.25, -0.2) is 0 Å². The smallest absolute Gasteiger partial charge is 0.0412 e. The van der Waals surface area contributed by atoms with E-state index in [1.165, 1.54) is 70.6 Å². The van der Waals surface area contributed by atoms with Gasteiger partial charge in [-0.2, -0.15) is 0 Å². The minimum atomic E-state index is 0. The molecule has 0 bridgehead atoms. The Morgan fingerprint density at radius 1 is 0.442 bits per heavy atom. The lowest BCUT2D eigenvalue weighted by molar-refractivity contribution is 0.388. The normalized spacial score (nSPS) is 11.7. The summed E-state index contributed by atoms with van der Waals surface area (Å²) in [6.07, 6.45) is 15.7. The molecular weight excluding hydrogens is 516 g/mol. The molecule has 0 heterocycles. The van der Waals surface area contributed by atoms with Crippen molar-refractivity contribution >= 4 is 0 Å². The van der Waals surface area contributed by atoms with Crippen molar-refractivity contribution in [3.8, 4) is 0 Å². The van der Waals surface area contributed by atoms with Crippen LogP contribution in [0.15, 0.2) is 0 Å². The summed E-state index contributed by atoms with van der Waals surface area (Å²) in [5.74, 6) is 8.22. The second-order valence-corrected chi connectivity index (χ2v) is 14.8. The first-order valence-corrected chi connectivity index (χ1v) is 17.0. The van der Waals surface area contributed by atoms with Crippen LogP contribution < -0.4 is 0 Å². The fraction of sp³-hybridized carbons (Fsp3) is 1.00. The Hall–Kier alpha value is 0. The summed E-state index contributed by atoms with van der Waals surface area (Å²) in [5.41, 5.74) is 0. The first kappa shape index (κ1) is 69.7. The van der Waals surface area contributed by atoms with Crippen LogP contribution in [0.4, 0.5) is 0 Å². The quantitative estimate of drug-likeness (QED) is 0.215. The molecule has 0 aromatic carbocycles. The SMILES string of the molecule is C.C.C.C.C.C.CC(C)C(C)C.CC(C)CC(C)C.CC(C)CC1CCCC1.CCC(CC)CC(C)C.CCCC(C)C. The molecule has 0 aromatic heterocycles. The third kappa shape index (κ3) is 74.7. The Morgan fingerprint density at radius 2 is 0.767 bits per heavy atom. The highest BCUT2D eigenvalue weighted by Crippen LogP contribution is 2.29. The third-order valence-corrected chi connectivity index (χ3v) is 7.38. The molecule has 0 spiro atoms. The predicted octanol–water partition coefficient (Wildman–Crippen LogP) is 17.9. The fourth-order valence-electron chi connectivity index (χ4n) is 4.72. The van der Waals surface area contributed by atoms with Gasteiger partial charge < -0.3 is 0 Å². The first-order valence-electron chi connectivity index (χ1n) is 17.0. The van der Waals surface area contributed by atoms with Crippen LogP contribution in [0.3, 0.4) is 0 Å². The zero-order chi connectivity index (χ0) is 30.0. The van der Waals surface area contributed by atoms with E-state index in [2.05, 4.69) is 118 Å². The van der Waals surface area contributed by atoms with E-state index in [0.717, 1.165) is 53.3 Å². The minimum absolute atomic E-state index is 0. The maximum atomic E-state index is 2.33. The molecule has 0 unspecified atom stereocenters. The summed E-state index contributed by atoms with van der Waals surface area (Å²) in [7, 11) is 0. The summed E-state index contributed by atoms with van der Waals surface area (Å²) in [6.45, 7) is 38.6. The molecule has 0 nitrogen and oxygen atoms in total. The molecule has 0 atom stereocenters. The van der Waals surface area contributed by atoms with Gasteiger partial charge in [-0.05, 0) is 72.5 Å². The molecule has 1 aliphatic carbocycles. The molecule has 1 rings (SSSR count). The Labute approximate surface area is 285 Å². The van der Waals surface area contributed by atoms with Crippen molar-refractivity contribution in [3.63, 3.8) is 0 Å². The van der Waals surface area contributed by atoms with Crippen molar-refractivity contribution in [1.82, 2.24) is 0 Å². The van der Waals surface area contributed by atoms with Crippen molar-refractivity contribution in [3.05, 3.63) is 0 Å². The monoisotopic (exact) mass is 623 g/mol. The van der Waals surface area contributed by atoms with E-state index in [9.17, 15) is 0 Å². The summed E-state index contributed by atoms with van der Waals surface area (Å²) in [6, 6.07) is 0. The van der Waals surface area contributed by atoms with Gasteiger partial charge in [0.15, 0.2) is 0 Å². The molecule has 1 aliphatic rings. The van der Waals surface area contributed by atoms with Gasteiger partial charge >= 0.3 is 0 Å². The van der Waals surface area contributed by atoms with Crippen molar-refractivity contribution in [2.75, 3.05) is 0 Å². The van der Waals surface area contributed by atoms with E-state index in [1.807, 2.05) is 0 Å². The molecule has 0 aromatic rings. The summed E-state index contributed by atoms with van der Waals surface area (Å²) < 4.78 is 0. The maximum Gasteiger partial charge on any atom is -0.0412 e. The van der Waals surface area contributed by atoms with Crippen LogP contribution in [0.5, 0.6) is 0 Å². The summed E-state index contributed by atoms with van der Waals surface area (Å²) in [4.78, 5) is 0. The first-order chi connectivity index (χ1) is 17.0. The molecule has 1 saturated carbocycles. The van der Waals surface area contributed by atoms with Gasteiger partial charge in [0, 0.05) is 0 Å². The van der Waals surface area contributed by atoms with Gasteiger partial charge in [0.05, 0.1) is 0 Å². The summed E-state index contributed by atoms with van der Waals surface area (Å²) in [5, 5.41) is 0. The largest absolute Gasteiger partial charge is 0.0776 e. The molecule has 43 heavy (non-hydrogen) atoms. The van der Waals surface area contributed by atoms with Gasteiger partial charge in [0.1, 0.15) is 0 Å². The molecule has 0 heteroatoms. The molecule has 0 aliphatic heterocycles. The van der Waals surface area contributed by atoms with Crippen LogP contribution in [-0.2, 0) is 0 Å². The highest BCUT2D eigenvalue weighted by Gasteiger charge is 2.15. The predicted molar refractivity (Wildman–Crippen MR) is 219 cm³/mol. The number of hydrogen-bond donors (Lipinski definition) is 0. The number of rotatable bonds is 11. The average molecular weight is 623 g/mol. The molecule has 0 N–H and O–H groups in total. The van der Waals surface area contributed by atoms with E-state index in [0.29, 0.717) is 0 Å². The van der Waals surface area contributed by atoms with E-state index in [-0.39, 0.29) is 44.6 Å². The van der Waals surface area contributed by atoms with Crippen molar-refractivity contribution < 1.29 is 0 Å². The van der Waals surface area contributed by atoms with Crippen LogP contribution in [0.1, 0.15) is 233 Å². The Kier molecular flexibility index (Phi) is 79.2. The third-order valence-electron chi connectivity index (χ3n) is 7.38. The lowest BCUT2D eigenvalue weighted by Crippen LogP contribution is -2.00. The zero-order valence-electron chi connectivity index (χ0n) is 30.0. The van der Waals surface area contributed by atoms with Gasteiger partial charge in [-0.15, -0.1) is 0 Å². The van der Waals surface area contributed by atoms with E-state index >= 15 is 0 Å². The van der Waals surface area contributed by atoms with Crippen LogP contribution in [0, 0.1) is 53.3 Å². The van der Waals surface area contributed by atoms with Crippen LogP contribution >= 0.6 is 0 Å². The van der Waals surface area contributed by atoms with Gasteiger partial charge in [-0.1, -0.05) is 214 Å². The molecule has 0 saturated heterocycles. The van der Waals surface area contributed by atoms with Crippen molar-refractivity contribution in [2.24, 2.45) is 53.3 Å². The molecule has 0 radical (unpaired) electrons. The molecule has 278 valence electrons. The Bertz CT molecular complexity index is 355. The highest BCUT2D eigenvalue weighted by molar-refractivity contribution is 4.68. The molecule has 1 fully saturated rings. The second-order valence-electron chi connectivity index (χ2n) is 14.8. The van der Waals surface area contributed by atoms with Crippen LogP contribution in [-0.4, -0.2) is 0 Å². The Balaban J connectivity index is -0.0000000386. The average Bonchev–Trinajstić information content (AvgIpc) is 3.25. The van der Waals surface area contributed by atoms with Gasteiger partial charge in [-0.3, -0.25) is 0 Å². The Morgan fingerprint density at radius 3 is 0.884 bits per heavy atom. The van der Waals surface area contributed by atoms with E-state index in [4.69, 9.17) is 0 Å². The van der Waals surface area contributed by atoms with Gasteiger partial charge in [0.25, 0.3) is 0 Å². The fourth-order valence-corrected chi connectivity index (χ4v) is 4.72. The second kappa shape index (κ2) is 48.9. The topological polar surface area (TPSA) is 0 Å². The van der Waals surface area contributed by atoms with Crippen LogP contribution in [0.2, 0.25) is 0 Å². The van der Waals surface area contributed by atoms with E-state index in [1.54, 1.807) is 0 Å². The molecule has 0 amide bonds. The van der Waals surface area contributed by atoms with E-state index < -0.39 is 0 Å².